The fourth-order valence-corrected chi connectivity index (χ4v) is 6.18. The molecule has 3 aromatic carbocycles. The van der Waals surface area contributed by atoms with Crippen LogP contribution in [-0.4, -0.2) is 47.9 Å². The topological polar surface area (TPSA) is 114 Å². The second-order valence-corrected chi connectivity index (χ2v) is 11.2. The van der Waals surface area contributed by atoms with Gasteiger partial charge < -0.3 is 25.2 Å². The zero-order chi connectivity index (χ0) is 29.5. The van der Waals surface area contributed by atoms with Gasteiger partial charge in [-0.05, 0) is 53.5 Å². The van der Waals surface area contributed by atoms with Crippen LogP contribution in [0.4, 0.5) is 4.79 Å². The summed E-state index contributed by atoms with van der Waals surface area (Å²) in [4.78, 5) is 37.9. The van der Waals surface area contributed by atoms with Crippen molar-refractivity contribution >= 4 is 18.0 Å². The Hall–Kier alpha value is -4.17. The highest BCUT2D eigenvalue weighted by atomic mass is 16.5. The number of alkyl carbamates (subject to hydrolysis) is 1. The molecule has 4 atom stereocenters. The first kappa shape index (κ1) is 29.3. The Morgan fingerprint density at radius 2 is 1.50 bits per heavy atom. The SMILES string of the molecule is CC(OCc1ccccc1)C(NC(=O)CC1CCCCC1NC(=O)OCC1c2ccccc2-c2ccccc21)C(=O)O. The molecule has 220 valence electrons. The van der Waals surface area contributed by atoms with E-state index in [0.717, 1.165) is 42.4 Å². The number of fused-ring (bicyclic) bond motifs is 3. The summed E-state index contributed by atoms with van der Waals surface area (Å²) in [5.41, 5.74) is 5.55. The Morgan fingerprint density at radius 1 is 0.881 bits per heavy atom. The van der Waals surface area contributed by atoms with Gasteiger partial charge in [0.1, 0.15) is 6.61 Å². The van der Waals surface area contributed by atoms with E-state index in [0.29, 0.717) is 0 Å². The highest BCUT2D eigenvalue weighted by Crippen LogP contribution is 2.44. The molecule has 2 amide bonds. The third-order valence-electron chi connectivity index (χ3n) is 8.41. The van der Waals surface area contributed by atoms with Crippen molar-refractivity contribution in [1.82, 2.24) is 10.6 Å². The number of amides is 2. The Labute approximate surface area is 246 Å². The van der Waals surface area contributed by atoms with E-state index >= 15 is 0 Å². The molecule has 42 heavy (non-hydrogen) atoms. The number of carboxylic acids is 1. The quantitative estimate of drug-likeness (QED) is 0.275. The number of carbonyl (C=O) groups is 3. The Balaban J connectivity index is 1.14. The molecule has 1 saturated carbocycles. The van der Waals surface area contributed by atoms with E-state index in [1.807, 2.05) is 54.6 Å². The molecule has 0 heterocycles. The summed E-state index contributed by atoms with van der Waals surface area (Å²) in [5.74, 6) is -1.67. The number of nitrogens with one attached hydrogen (secondary N) is 2. The lowest BCUT2D eigenvalue weighted by Crippen LogP contribution is -2.50. The van der Waals surface area contributed by atoms with Gasteiger partial charge >= 0.3 is 12.1 Å². The minimum atomic E-state index is -1.18. The molecule has 0 bridgehead atoms. The number of carbonyl (C=O) groups excluding carboxylic acids is 2. The lowest BCUT2D eigenvalue weighted by atomic mass is 9.82. The van der Waals surface area contributed by atoms with Crippen LogP contribution in [0.2, 0.25) is 0 Å². The summed E-state index contributed by atoms with van der Waals surface area (Å²) >= 11 is 0. The third-order valence-corrected chi connectivity index (χ3v) is 8.41. The molecule has 4 unspecified atom stereocenters. The number of rotatable bonds is 11. The smallest absolute Gasteiger partial charge is 0.407 e. The molecular weight excluding hydrogens is 532 g/mol. The zero-order valence-corrected chi connectivity index (χ0v) is 23.8. The summed E-state index contributed by atoms with van der Waals surface area (Å²) in [7, 11) is 0. The average Bonchev–Trinajstić information content (AvgIpc) is 3.32. The Kier molecular flexibility index (Phi) is 9.54. The molecular formula is C34H38N2O6. The standard InChI is InChI=1S/C34H38N2O6/c1-22(41-20-23-11-3-2-4-12-23)32(33(38)39)36-31(37)19-24-13-5-10-18-30(24)35-34(40)42-21-29-27-16-8-6-14-25(27)26-15-7-9-17-28(26)29/h2-4,6-9,11-12,14-17,22,24,29-30,32H,5,10,13,18-21H2,1H3,(H,35,40)(H,36,37)(H,38,39). The van der Waals surface area contributed by atoms with E-state index in [4.69, 9.17) is 9.47 Å². The summed E-state index contributed by atoms with van der Waals surface area (Å²) in [6, 6.07) is 24.4. The van der Waals surface area contributed by atoms with Gasteiger partial charge in [0, 0.05) is 18.4 Å². The van der Waals surface area contributed by atoms with Crippen molar-refractivity contribution in [1.29, 1.82) is 0 Å². The molecule has 0 saturated heterocycles. The fraction of sp³-hybridized carbons (Fsp3) is 0.382. The number of hydrogen-bond donors (Lipinski definition) is 3. The monoisotopic (exact) mass is 570 g/mol. The summed E-state index contributed by atoms with van der Waals surface area (Å²) in [6.07, 6.45) is 2.27. The molecule has 0 aliphatic heterocycles. The van der Waals surface area contributed by atoms with Gasteiger partial charge in [0.05, 0.1) is 12.7 Å². The number of benzene rings is 3. The van der Waals surface area contributed by atoms with Gasteiger partial charge in [-0.25, -0.2) is 9.59 Å². The average molecular weight is 571 g/mol. The third kappa shape index (κ3) is 6.99. The summed E-state index contributed by atoms with van der Waals surface area (Å²) in [5, 5.41) is 15.4. The van der Waals surface area contributed by atoms with E-state index in [2.05, 4.69) is 34.9 Å². The molecule has 0 spiro atoms. The largest absolute Gasteiger partial charge is 0.480 e. The van der Waals surface area contributed by atoms with Crippen molar-refractivity contribution < 1.29 is 29.0 Å². The van der Waals surface area contributed by atoms with Gasteiger partial charge in [-0.2, -0.15) is 0 Å². The van der Waals surface area contributed by atoms with Crippen LogP contribution < -0.4 is 10.6 Å². The normalized spacial score (nSPS) is 19.2. The van der Waals surface area contributed by atoms with Crippen LogP contribution in [0.15, 0.2) is 78.9 Å². The van der Waals surface area contributed by atoms with Crippen LogP contribution in [-0.2, 0) is 25.7 Å². The highest BCUT2D eigenvalue weighted by Gasteiger charge is 2.33. The van der Waals surface area contributed by atoms with Crippen LogP contribution >= 0.6 is 0 Å². The predicted molar refractivity (Wildman–Crippen MR) is 159 cm³/mol. The van der Waals surface area contributed by atoms with Gasteiger partial charge in [0.15, 0.2) is 6.04 Å². The molecule has 0 aromatic heterocycles. The van der Waals surface area contributed by atoms with Crippen molar-refractivity contribution in [3.05, 3.63) is 95.6 Å². The van der Waals surface area contributed by atoms with Gasteiger partial charge in [-0.3, -0.25) is 4.79 Å². The van der Waals surface area contributed by atoms with E-state index in [1.54, 1.807) is 6.92 Å². The van der Waals surface area contributed by atoms with Crippen molar-refractivity contribution in [2.24, 2.45) is 5.92 Å². The van der Waals surface area contributed by atoms with Crippen LogP contribution in [0, 0.1) is 5.92 Å². The van der Waals surface area contributed by atoms with Crippen molar-refractivity contribution in [3.63, 3.8) is 0 Å². The second kappa shape index (κ2) is 13.7. The van der Waals surface area contributed by atoms with Gasteiger partial charge in [0.2, 0.25) is 5.91 Å². The molecule has 0 radical (unpaired) electrons. The van der Waals surface area contributed by atoms with Crippen molar-refractivity contribution in [3.8, 4) is 11.1 Å². The highest BCUT2D eigenvalue weighted by molar-refractivity contribution is 5.84. The zero-order valence-electron chi connectivity index (χ0n) is 23.8. The van der Waals surface area contributed by atoms with Crippen LogP contribution in [0.25, 0.3) is 11.1 Å². The lowest BCUT2D eigenvalue weighted by Gasteiger charge is -2.32. The Morgan fingerprint density at radius 3 is 2.17 bits per heavy atom. The summed E-state index contributed by atoms with van der Waals surface area (Å²) in [6.45, 7) is 2.11. The van der Waals surface area contributed by atoms with Gasteiger partial charge in [-0.1, -0.05) is 91.7 Å². The predicted octanol–water partition coefficient (Wildman–Crippen LogP) is 5.65. The van der Waals surface area contributed by atoms with Crippen LogP contribution in [0.5, 0.6) is 0 Å². The van der Waals surface area contributed by atoms with E-state index in [-0.39, 0.29) is 43.4 Å². The molecule has 3 N–H and O–H groups in total. The first-order valence-corrected chi connectivity index (χ1v) is 14.7. The minimum Gasteiger partial charge on any atom is -0.480 e. The molecule has 2 aliphatic carbocycles. The number of ether oxygens (including phenoxy) is 2. The molecule has 2 aliphatic rings. The lowest BCUT2D eigenvalue weighted by molar-refractivity contribution is -0.146. The maximum absolute atomic E-state index is 13.0. The maximum atomic E-state index is 13.0. The number of carboxylic acid groups (broad SMARTS) is 1. The van der Waals surface area contributed by atoms with E-state index < -0.39 is 24.2 Å². The maximum Gasteiger partial charge on any atom is 0.407 e. The number of aliphatic carboxylic acids is 1. The van der Waals surface area contributed by atoms with Crippen molar-refractivity contribution in [2.45, 2.75) is 69.7 Å². The summed E-state index contributed by atoms with van der Waals surface area (Å²) < 4.78 is 11.5. The first-order valence-electron chi connectivity index (χ1n) is 14.7. The van der Waals surface area contributed by atoms with E-state index in [9.17, 15) is 19.5 Å². The molecule has 1 fully saturated rings. The minimum absolute atomic E-state index is 0.0323. The van der Waals surface area contributed by atoms with Gasteiger partial charge in [0.25, 0.3) is 0 Å². The van der Waals surface area contributed by atoms with Crippen molar-refractivity contribution in [2.75, 3.05) is 6.61 Å². The van der Waals surface area contributed by atoms with Crippen LogP contribution in [0.3, 0.4) is 0 Å². The fourth-order valence-electron chi connectivity index (χ4n) is 6.18. The molecule has 3 aromatic rings. The molecule has 5 rings (SSSR count). The first-order chi connectivity index (χ1) is 20.4. The van der Waals surface area contributed by atoms with E-state index in [1.165, 1.54) is 11.1 Å². The second-order valence-electron chi connectivity index (χ2n) is 11.2. The molecule has 8 nitrogen and oxygen atoms in total. The van der Waals surface area contributed by atoms with Crippen LogP contribution in [0.1, 0.15) is 61.6 Å². The van der Waals surface area contributed by atoms with Gasteiger partial charge in [-0.15, -0.1) is 0 Å². The molecule has 8 heteroatoms. The number of hydrogen-bond acceptors (Lipinski definition) is 5. The Bertz CT molecular complexity index is 1350.